The van der Waals surface area contributed by atoms with Crippen LogP contribution in [-0.2, 0) is 12.8 Å². The largest absolute Gasteiger partial charge is 0.358 e. The molecule has 0 saturated heterocycles. The molecule has 0 bridgehead atoms. The highest BCUT2D eigenvalue weighted by Gasteiger charge is 2.33. The lowest BCUT2D eigenvalue weighted by Crippen LogP contribution is -2.25. The van der Waals surface area contributed by atoms with Gasteiger partial charge in [-0.05, 0) is 74.1 Å². The summed E-state index contributed by atoms with van der Waals surface area (Å²) in [6.45, 7) is 4.50. The lowest BCUT2D eigenvalue weighted by molar-refractivity contribution is 0.560. The Balaban J connectivity index is 1.78. The average molecular weight is 677 g/mol. The summed E-state index contributed by atoms with van der Waals surface area (Å²) < 4.78 is 2.29. The van der Waals surface area contributed by atoms with Crippen LogP contribution < -0.4 is 0 Å². The second-order valence-electron chi connectivity index (χ2n) is 10.6. The SMILES string of the molecule is Cc1ccc2[nH]c3c(-c4ccccc4Br)c4c5c([nH]c4c(-c4ccccc4Br)c3c2c1)CCC(C)(Br)C5. The fourth-order valence-corrected chi connectivity index (χ4v) is 7.62. The number of hydrogen-bond donors (Lipinski definition) is 2. The Labute approximate surface area is 241 Å². The number of rotatable bonds is 2. The highest BCUT2D eigenvalue weighted by Crippen LogP contribution is 2.51. The maximum absolute atomic E-state index is 4.05. The van der Waals surface area contributed by atoms with Gasteiger partial charge < -0.3 is 9.97 Å². The van der Waals surface area contributed by atoms with E-state index in [0.29, 0.717) is 0 Å². The molecule has 7 rings (SSSR count). The molecule has 6 aromatic rings. The third-order valence-corrected chi connectivity index (χ3v) is 9.93. The lowest BCUT2D eigenvalue weighted by atomic mass is 9.84. The van der Waals surface area contributed by atoms with Crippen molar-refractivity contribution in [2.45, 2.75) is 37.4 Å². The van der Waals surface area contributed by atoms with E-state index in [1.165, 1.54) is 66.3 Å². The van der Waals surface area contributed by atoms with E-state index in [2.05, 4.69) is 138 Å². The summed E-state index contributed by atoms with van der Waals surface area (Å²) in [5.74, 6) is 0. The van der Waals surface area contributed by atoms with Crippen LogP contribution in [0.4, 0.5) is 0 Å². The second-order valence-corrected chi connectivity index (χ2v) is 14.2. The fourth-order valence-electron chi connectivity index (χ4n) is 6.17. The van der Waals surface area contributed by atoms with Crippen molar-refractivity contribution < 1.29 is 0 Å². The van der Waals surface area contributed by atoms with E-state index in [-0.39, 0.29) is 4.32 Å². The van der Waals surface area contributed by atoms with Crippen LogP contribution in [0.5, 0.6) is 0 Å². The molecule has 2 aromatic heterocycles. The lowest BCUT2D eigenvalue weighted by Gasteiger charge is -2.28. The molecule has 184 valence electrons. The molecule has 1 aliphatic carbocycles. The van der Waals surface area contributed by atoms with E-state index in [1.807, 2.05) is 0 Å². The summed E-state index contributed by atoms with van der Waals surface area (Å²) >= 11 is 11.8. The molecule has 1 atom stereocenters. The summed E-state index contributed by atoms with van der Waals surface area (Å²) in [5.41, 5.74) is 12.6. The maximum Gasteiger partial charge on any atom is 0.0559 e. The summed E-state index contributed by atoms with van der Waals surface area (Å²) in [6.07, 6.45) is 3.13. The molecule has 1 aliphatic rings. The minimum absolute atomic E-state index is 0.0837. The first-order chi connectivity index (χ1) is 17.8. The van der Waals surface area contributed by atoms with Crippen molar-refractivity contribution in [1.82, 2.24) is 9.97 Å². The van der Waals surface area contributed by atoms with Crippen LogP contribution in [0.1, 0.15) is 30.2 Å². The van der Waals surface area contributed by atoms with Crippen LogP contribution >= 0.6 is 47.8 Å². The molecular formula is C32H25Br3N2. The number of alkyl halides is 1. The van der Waals surface area contributed by atoms with Crippen LogP contribution in [0, 0.1) is 6.92 Å². The Hall–Kier alpha value is -2.34. The molecule has 0 fully saturated rings. The van der Waals surface area contributed by atoms with Crippen LogP contribution in [0.25, 0.3) is 55.0 Å². The highest BCUT2D eigenvalue weighted by molar-refractivity contribution is 9.11. The van der Waals surface area contributed by atoms with E-state index in [9.17, 15) is 0 Å². The van der Waals surface area contributed by atoms with Crippen LogP contribution in [0.2, 0.25) is 0 Å². The smallest absolute Gasteiger partial charge is 0.0559 e. The zero-order valence-electron chi connectivity index (χ0n) is 20.6. The van der Waals surface area contributed by atoms with Gasteiger partial charge in [0.25, 0.3) is 0 Å². The first kappa shape index (κ1) is 23.8. The normalized spacial score (nSPS) is 17.6. The number of fused-ring (bicyclic) bond motifs is 6. The predicted octanol–water partition coefficient (Wildman–Crippen LogP) is 10.6. The molecule has 2 nitrogen and oxygen atoms in total. The van der Waals surface area contributed by atoms with Crippen molar-refractivity contribution in [3.63, 3.8) is 0 Å². The molecule has 4 aromatic carbocycles. The summed E-state index contributed by atoms with van der Waals surface area (Å²) in [6, 6.07) is 24.0. The van der Waals surface area contributed by atoms with Crippen molar-refractivity contribution in [2.24, 2.45) is 0 Å². The van der Waals surface area contributed by atoms with Gasteiger partial charge in [-0.3, -0.25) is 0 Å². The zero-order chi connectivity index (χ0) is 25.5. The average Bonchev–Trinajstić information content (AvgIpc) is 3.41. The molecule has 0 aliphatic heterocycles. The van der Waals surface area contributed by atoms with Crippen molar-refractivity contribution >= 4 is 80.5 Å². The topological polar surface area (TPSA) is 31.6 Å². The molecule has 0 amide bonds. The first-order valence-corrected chi connectivity index (χ1v) is 15.0. The molecule has 2 N–H and O–H groups in total. The van der Waals surface area contributed by atoms with Crippen LogP contribution in [-0.4, -0.2) is 14.3 Å². The molecule has 0 radical (unpaired) electrons. The fraction of sp³-hybridized carbons (Fsp3) is 0.188. The van der Waals surface area contributed by atoms with Gasteiger partial charge in [0.1, 0.15) is 0 Å². The van der Waals surface area contributed by atoms with Gasteiger partial charge in [-0.1, -0.05) is 95.8 Å². The second kappa shape index (κ2) is 8.59. The third-order valence-electron chi connectivity index (χ3n) is 7.87. The monoisotopic (exact) mass is 674 g/mol. The minimum Gasteiger partial charge on any atom is -0.358 e. The van der Waals surface area contributed by atoms with E-state index in [0.717, 1.165) is 33.7 Å². The van der Waals surface area contributed by atoms with Crippen molar-refractivity contribution in [2.75, 3.05) is 0 Å². The number of aromatic nitrogens is 2. The van der Waals surface area contributed by atoms with Crippen molar-refractivity contribution in [1.29, 1.82) is 0 Å². The molecule has 1 unspecified atom stereocenters. The van der Waals surface area contributed by atoms with E-state index in [1.54, 1.807) is 0 Å². The number of halogens is 3. The number of aromatic amines is 2. The maximum atomic E-state index is 4.05. The molecule has 0 spiro atoms. The van der Waals surface area contributed by atoms with Gasteiger partial charge in [-0.2, -0.15) is 0 Å². The summed E-state index contributed by atoms with van der Waals surface area (Å²) in [5, 5.41) is 3.85. The van der Waals surface area contributed by atoms with Gasteiger partial charge in [0, 0.05) is 51.8 Å². The van der Waals surface area contributed by atoms with Gasteiger partial charge in [0.05, 0.1) is 11.0 Å². The summed E-state index contributed by atoms with van der Waals surface area (Å²) in [4.78, 5) is 7.85. The van der Waals surface area contributed by atoms with Gasteiger partial charge in [-0.15, -0.1) is 0 Å². The van der Waals surface area contributed by atoms with Crippen molar-refractivity contribution in [3.8, 4) is 22.3 Å². The Morgan fingerprint density at radius 2 is 1.41 bits per heavy atom. The Kier molecular flexibility index (Phi) is 5.51. The van der Waals surface area contributed by atoms with Crippen LogP contribution in [0.15, 0.2) is 75.7 Å². The molecular weight excluding hydrogens is 652 g/mol. The molecule has 37 heavy (non-hydrogen) atoms. The number of hydrogen-bond acceptors (Lipinski definition) is 0. The molecule has 2 heterocycles. The van der Waals surface area contributed by atoms with Gasteiger partial charge in [0.15, 0.2) is 0 Å². The molecule has 5 heteroatoms. The number of aryl methyl sites for hydroxylation is 2. The van der Waals surface area contributed by atoms with Gasteiger partial charge in [-0.25, -0.2) is 0 Å². The minimum atomic E-state index is 0.0837. The Bertz CT molecular complexity index is 1870. The Morgan fingerprint density at radius 3 is 2.08 bits per heavy atom. The highest BCUT2D eigenvalue weighted by atomic mass is 79.9. The van der Waals surface area contributed by atoms with E-state index in [4.69, 9.17) is 0 Å². The number of nitrogens with one attached hydrogen (secondary N) is 2. The summed E-state index contributed by atoms with van der Waals surface area (Å²) in [7, 11) is 0. The number of H-pyrrole nitrogens is 2. The standard InChI is InChI=1S/C32H25Br3N2/c1-17-11-12-24-20(15-17)28-26(18-7-3-5-9-22(18)33)31-29(21-16-32(2,35)14-13-25(21)37-31)27(30(28)36-24)19-8-4-6-10-23(19)34/h3-12,15,36-37H,13-14,16H2,1-2H3. The predicted molar refractivity (Wildman–Crippen MR) is 168 cm³/mol. The van der Waals surface area contributed by atoms with Gasteiger partial charge in [0.2, 0.25) is 0 Å². The molecule has 0 saturated carbocycles. The van der Waals surface area contributed by atoms with Crippen molar-refractivity contribution in [3.05, 3.63) is 92.5 Å². The zero-order valence-corrected chi connectivity index (χ0v) is 25.4. The van der Waals surface area contributed by atoms with E-state index >= 15 is 0 Å². The van der Waals surface area contributed by atoms with Gasteiger partial charge >= 0.3 is 0 Å². The number of benzene rings is 4. The first-order valence-electron chi connectivity index (χ1n) is 12.6. The quantitative estimate of drug-likeness (QED) is 0.171. The Morgan fingerprint density at radius 1 is 0.784 bits per heavy atom. The third kappa shape index (κ3) is 3.69. The van der Waals surface area contributed by atoms with Crippen LogP contribution in [0.3, 0.4) is 0 Å². The van der Waals surface area contributed by atoms with E-state index < -0.39 is 0 Å².